The number of Topliss-reactive ketones (excluding diaryl/α,β-unsaturated/α-hetero) is 1. The summed E-state index contributed by atoms with van der Waals surface area (Å²) >= 11 is 0. The summed E-state index contributed by atoms with van der Waals surface area (Å²) in [7, 11) is 0. The first kappa shape index (κ1) is 18.7. The Labute approximate surface area is 157 Å². The van der Waals surface area contributed by atoms with Crippen LogP contribution in [-0.2, 0) is 11.3 Å². The topological polar surface area (TPSA) is 88.9 Å². The number of anilines is 1. The summed E-state index contributed by atoms with van der Waals surface area (Å²) in [6.07, 6.45) is 0.816. The number of ketones is 1. The average molecular weight is 370 g/mol. The van der Waals surface area contributed by atoms with Crippen LogP contribution < -0.4 is 15.0 Å². The van der Waals surface area contributed by atoms with Crippen LogP contribution in [0.25, 0.3) is 0 Å². The summed E-state index contributed by atoms with van der Waals surface area (Å²) < 4.78 is 11.1. The number of nitrogens with one attached hydrogen (secondary N) is 1. The lowest BCUT2D eigenvalue weighted by atomic mass is 10.1. The molecule has 7 nitrogen and oxygen atoms in total. The molecule has 1 unspecified atom stereocenters. The molecule has 0 radical (unpaired) electrons. The molecule has 1 aromatic carbocycles. The molecule has 27 heavy (non-hydrogen) atoms. The second kappa shape index (κ2) is 7.65. The first-order valence-electron chi connectivity index (χ1n) is 8.86. The lowest BCUT2D eigenvalue weighted by Gasteiger charge is -2.29. The van der Waals surface area contributed by atoms with E-state index in [1.54, 1.807) is 30.3 Å². The van der Waals surface area contributed by atoms with Crippen molar-refractivity contribution in [2.75, 3.05) is 11.5 Å². The molecule has 0 saturated heterocycles. The number of fused-ring (bicyclic) bond motifs is 1. The number of nitrogens with zero attached hydrogens (tertiary/aromatic N) is 1. The predicted octanol–water partition coefficient (Wildman–Crippen LogP) is 2.94. The van der Waals surface area contributed by atoms with Gasteiger partial charge in [0.2, 0.25) is 0 Å². The van der Waals surface area contributed by atoms with Crippen molar-refractivity contribution in [1.29, 1.82) is 0 Å². The first-order valence-corrected chi connectivity index (χ1v) is 8.86. The number of ether oxygens (including phenoxy) is 1. The van der Waals surface area contributed by atoms with Gasteiger partial charge in [0.15, 0.2) is 18.2 Å². The van der Waals surface area contributed by atoms with E-state index in [1.807, 2.05) is 13.8 Å². The van der Waals surface area contributed by atoms with Crippen molar-refractivity contribution in [2.24, 2.45) is 0 Å². The second-order valence-corrected chi connectivity index (χ2v) is 6.56. The van der Waals surface area contributed by atoms with Crippen molar-refractivity contribution in [3.8, 4) is 5.75 Å². The van der Waals surface area contributed by atoms with Gasteiger partial charge in [-0.15, -0.1) is 0 Å². The first-order chi connectivity index (χ1) is 12.9. The van der Waals surface area contributed by atoms with E-state index in [-0.39, 0.29) is 42.6 Å². The fourth-order valence-corrected chi connectivity index (χ4v) is 2.73. The molecule has 0 fully saturated rings. The summed E-state index contributed by atoms with van der Waals surface area (Å²) in [6.45, 7) is 5.42. The molecular weight excluding hydrogens is 348 g/mol. The molecule has 0 aliphatic carbocycles. The highest BCUT2D eigenvalue weighted by molar-refractivity contribution is 6.01. The molecule has 1 aromatic heterocycles. The van der Waals surface area contributed by atoms with E-state index in [1.165, 1.54) is 11.8 Å². The lowest BCUT2D eigenvalue weighted by molar-refractivity contribution is -0.121. The fraction of sp³-hybridized carbons (Fsp3) is 0.350. The maximum atomic E-state index is 12.4. The Bertz CT molecular complexity index is 886. The van der Waals surface area contributed by atoms with Crippen LogP contribution in [0.4, 0.5) is 5.69 Å². The number of benzene rings is 1. The van der Waals surface area contributed by atoms with Crippen molar-refractivity contribution in [2.45, 2.75) is 39.8 Å². The zero-order chi connectivity index (χ0) is 19.6. The predicted molar refractivity (Wildman–Crippen MR) is 99.1 cm³/mol. The Hall–Kier alpha value is -3.09. The fourth-order valence-electron chi connectivity index (χ4n) is 2.73. The van der Waals surface area contributed by atoms with Crippen LogP contribution in [-0.4, -0.2) is 30.2 Å². The van der Waals surface area contributed by atoms with Crippen LogP contribution in [0.15, 0.2) is 34.7 Å². The van der Waals surface area contributed by atoms with Crippen LogP contribution >= 0.6 is 0 Å². The Kier molecular flexibility index (Phi) is 5.30. The summed E-state index contributed by atoms with van der Waals surface area (Å²) in [6, 6.07) is 8.28. The average Bonchev–Trinajstić information content (AvgIpc) is 3.12. The molecule has 0 spiro atoms. The minimum absolute atomic E-state index is 0.0451. The summed E-state index contributed by atoms with van der Waals surface area (Å²) in [5.41, 5.74) is 1.01. The van der Waals surface area contributed by atoms with E-state index in [9.17, 15) is 14.4 Å². The molecule has 3 rings (SSSR count). The molecular formula is C20H22N2O5. The van der Waals surface area contributed by atoms with Crippen LogP contribution in [0.2, 0.25) is 0 Å². The number of hydrogen-bond acceptors (Lipinski definition) is 5. The molecule has 0 saturated carbocycles. The normalized spacial score (nSPS) is 14.3. The third-order valence-electron chi connectivity index (χ3n) is 4.50. The minimum Gasteiger partial charge on any atom is -0.482 e. The highest BCUT2D eigenvalue weighted by Crippen LogP contribution is 2.34. The van der Waals surface area contributed by atoms with Gasteiger partial charge in [-0.25, -0.2) is 0 Å². The SMILES string of the molecule is CCC(C)NC(=O)c1ccc(CN2C(=O)COc3ccc(C(C)=O)cc32)o1. The Morgan fingerprint density at radius 2 is 2.04 bits per heavy atom. The van der Waals surface area contributed by atoms with Gasteiger partial charge in [0.25, 0.3) is 11.8 Å². The van der Waals surface area contributed by atoms with Gasteiger partial charge in [0.1, 0.15) is 11.5 Å². The molecule has 7 heteroatoms. The van der Waals surface area contributed by atoms with Crippen LogP contribution in [0, 0.1) is 0 Å². The summed E-state index contributed by atoms with van der Waals surface area (Å²) in [5, 5.41) is 2.84. The van der Waals surface area contributed by atoms with Crippen molar-refractivity contribution in [1.82, 2.24) is 5.32 Å². The van der Waals surface area contributed by atoms with Crippen molar-refractivity contribution in [3.05, 3.63) is 47.4 Å². The molecule has 142 valence electrons. The highest BCUT2D eigenvalue weighted by atomic mass is 16.5. The zero-order valence-electron chi connectivity index (χ0n) is 15.6. The maximum Gasteiger partial charge on any atom is 0.287 e. The largest absolute Gasteiger partial charge is 0.482 e. The molecule has 1 aliphatic heterocycles. The number of carbonyl (C=O) groups is 3. The Morgan fingerprint density at radius 3 is 2.74 bits per heavy atom. The molecule has 1 N–H and O–H groups in total. The molecule has 0 bridgehead atoms. The quantitative estimate of drug-likeness (QED) is 0.790. The Balaban J connectivity index is 1.82. The van der Waals surface area contributed by atoms with Crippen molar-refractivity contribution < 1.29 is 23.5 Å². The van der Waals surface area contributed by atoms with E-state index >= 15 is 0 Å². The molecule has 2 aromatic rings. The number of furan rings is 1. The van der Waals surface area contributed by atoms with Crippen molar-refractivity contribution >= 4 is 23.3 Å². The highest BCUT2D eigenvalue weighted by Gasteiger charge is 2.27. The third kappa shape index (κ3) is 4.02. The molecule has 1 atom stereocenters. The number of carbonyl (C=O) groups excluding carboxylic acids is 3. The number of hydrogen-bond donors (Lipinski definition) is 1. The second-order valence-electron chi connectivity index (χ2n) is 6.56. The van der Waals surface area contributed by atoms with E-state index in [2.05, 4.69) is 5.32 Å². The molecule has 2 amide bonds. The molecule has 2 heterocycles. The minimum atomic E-state index is -0.289. The van der Waals surface area contributed by atoms with Crippen LogP contribution in [0.1, 0.15) is 53.9 Å². The van der Waals surface area contributed by atoms with Gasteiger partial charge in [0, 0.05) is 11.6 Å². The molecule has 1 aliphatic rings. The monoisotopic (exact) mass is 370 g/mol. The number of amides is 2. The van der Waals surface area contributed by atoms with Gasteiger partial charge in [-0.05, 0) is 50.6 Å². The van der Waals surface area contributed by atoms with E-state index in [0.717, 1.165) is 6.42 Å². The van der Waals surface area contributed by atoms with Gasteiger partial charge < -0.3 is 14.5 Å². The van der Waals surface area contributed by atoms with Crippen LogP contribution in [0.5, 0.6) is 5.75 Å². The van der Waals surface area contributed by atoms with Crippen molar-refractivity contribution in [3.63, 3.8) is 0 Å². The third-order valence-corrected chi connectivity index (χ3v) is 4.50. The van der Waals surface area contributed by atoms with Gasteiger partial charge in [0.05, 0.1) is 12.2 Å². The van der Waals surface area contributed by atoms with E-state index in [0.29, 0.717) is 22.8 Å². The smallest absolute Gasteiger partial charge is 0.287 e. The van der Waals surface area contributed by atoms with Gasteiger partial charge >= 0.3 is 0 Å². The van der Waals surface area contributed by atoms with E-state index < -0.39 is 0 Å². The van der Waals surface area contributed by atoms with Crippen LogP contribution in [0.3, 0.4) is 0 Å². The summed E-state index contributed by atoms with van der Waals surface area (Å²) in [4.78, 5) is 37.7. The van der Waals surface area contributed by atoms with Gasteiger partial charge in [-0.3, -0.25) is 19.3 Å². The standard InChI is InChI=1S/C20H22N2O5/c1-4-12(2)21-20(25)18-8-6-15(27-18)10-22-16-9-14(13(3)23)5-7-17(16)26-11-19(22)24/h5-9,12H,4,10-11H2,1-3H3,(H,21,25). The van der Waals surface area contributed by atoms with E-state index in [4.69, 9.17) is 9.15 Å². The lowest BCUT2D eigenvalue weighted by Crippen LogP contribution is -2.38. The van der Waals surface area contributed by atoms with Gasteiger partial charge in [-0.2, -0.15) is 0 Å². The number of rotatable bonds is 6. The Morgan fingerprint density at radius 1 is 1.26 bits per heavy atom. The summed E-state index contributed by atoms with van der Waals surface area (Å²) in [5.74, 6) is 0.564. The van der Waals surface area contributed by atoms with Gasteiger partial charge in [-0.1, -0.05) is 6.92 Å². The zero-order valence-corrected chi connectivity index (χ0v) is 15.6. The maximum absolute atomic E-state index is 12.4.